The molecule has 0 atom stereocenters. The van der Waals surface area contributed by atoms with Crippen molar-refractivity contribution in [2.24, 2.45) is 0 Å². The van der Waals surface area contributed by atoms with E-state index < -0.39 is 8.24 Å². The van der Waals surface area contributed by atoms with E-state index in [1.807, 2.05) is 6.20 Å². The summed E-state index contributed by atoms with van der Waals surface area (Å²) < 4.78 is 2.84. The average Bonchev–Trinajstić information content (AvgIpc) is 2.99. The monoisotopic (exact) mass is 318 g/mol. The molecule has 0 N–H and O–H groups in total. The fraction of sp³-hybridized carbons (Fsp3) is 0.737. The summed E-state index contributed by atoms with van der Waals surface area (Å²) in [5.74, 6) is 1.34. The average molecular weight is 319 g/mol. The van der Waals surface area contributed by atoms with Crippen LogP contribution in [0.1, 0.15) is 64.9 Å². The first kappa shape index (κ1) is 17.5. The van der Waals surface area contributed by atoms with Crippen molar-refractivity contribution in [2.45, 2.75) is 83.8 Å². The number of rotatable bonds is 10. The molecule has 2 rings (SSSR count). The van der Waals surface area contributed by atoms with E-state index in [1.54, 1.807) is 0 Å². The summed E-state index contributed by atoms with van der Waals surface area (Å²) >= 11 is 0. The predicted octanol–water partition coefficient (Wildman–Crippen LogP) is 5.79. The highest BCUT2D eigenvalue weighted by Gasteiger charge is 2.41. The Morgan fingerprint density at radius 2 is 1.59 bits per heavy atom. The van der Waals surface area contributed by atoms with Gasteiger partial charge in [0.05, 0.1) is 0 Å². The Bertz CT molecular complexity index is 425. The van der Waals surface area contributed by atoms with E-state index >= 15 is 0 Å². The highest BCUT2D eigenvalue weighted by molar-refractivity contribution is 6.83. The van der Waals surface area contributed by atoms with Gasteiger partial charge in [0.25, 0.3) is 0 Å². The molecule has 0 aliphatic carbocycles. The second-order valence-corrected chi connectivity index (χ2v) is 11.4. The molecule has 0 bridgehead atoms. The van der Waals surface area contributed by atoms with E-state index in [9.17, 15) is 0 Å². The van der Waals surface area contributed by atoms with Crippen molar-refractivity contribution in [3.8, 4) is 0 Å². The Hall–Kier alpha value is -0.833. The fourth-order valence-electron chi connectivity index (χ4n) is 3.97. The standard InChI is InChI=1S/C19H34N2Si/c1-4-7-15-22(16-8-5-2,17-9-6-3)21-14-12-18-11-10-13-20-19(18)21/h10-11,13H,4-9,12,14-17H2,1-3H3. The summed E-state index contributed by atoms with van der Waals surface area (Å²) in [6, 6.07) is 8.81. The van der Waals surface area contributed by atoms with E-state index in [-0.39, 0.29) is 0 Å². The number of fused-ring (bicyclic) bond motifs is 1. The quantitative estimate of drug-likeness (QED) is 0.508. The molecule has 1 aromatic rings. The molecule has 1 aliphatic rings. The lowest BCUT2D eigenvalue weighted by Crippen LogP contribution is -2.53. The van der Waals surface area contributed by atoms with Gasteiger partial charge in [0.1, 0.15) is 5.82 Å². The van der Waals surface area contributed by atoms with Gasteiger partial charge in [-0.2, -0.15) is 0 Å². The van der Waals surface area contributed by atoms with Crippen LogP contribution in [0, 0.1) is 0 Å². The van der Waals surface area contributed by atoms with Crippen LogP contribution in [-0.2, 0) is 6.42 Å². The normalized spacial score (nSPS) is 14.4. The number of hydrogen-bond acceptors (Lipinski definition) is 2. The van der Waals surface area contributed by atoms with E-state index in [0.717, 1.165) is 0 Å². The molecule has 2 heterocycles. The molecule has 3 heteroatoms. The third-order valence-electron chi connectivity index (χ3n) is 5.29. The second-order valence-electron chi connectivity index (χ2n) is 6.92. The van der Waals surface area contributed by atoms with E-state index in [4.69, 9.17) is 4.98 Å². The highest BCUT2D eigenvalue weighted by Crippen LogP contribution is 2.38. The van der Waals surface area contributed by atoms with Crippen LogP contribution in [-0.4, -0.2) is 19.8 Å². The zero-order valence-electron chi connectivity index (χ0n) is 14.9. The minimum absolute atomic E-state index is 1.21. The molecular weight excluding hydrogens is 284 g/mol. The molecule has 0 saturated carbocycles. The summed E-state index contributed by atoms with van der Waals surface area (Å²) in [5.41, 5.74) is 1.49. The maximum absolute atomic E-state index is 4.79. The molecule has 0 saturated heterocycles. The number of nitrogens with zero attached hydrogens (tertiary/aromatic N) is 2. The van der Waals surface area contributed by atoms with Crippen molar-refractivity contribution in [3.63, 3.8) is 0 Å². The van der Waals surface area contributed by atoms with Gasteiger partial charge in [-0.25, -0.2) is 4.98 Å². The number of unbranched alkanes of at least 4 members (excludes halogenated alkanes) is 3. The van der Waals surface area contributed by atoms with Crippen LogP contribution in [0.25, 0.3) is 0 Å². The van der Waals surface area contributed by atoms with Crippen LogP contribution < -0.4 is 4.57 Å². The van der Waals surface area contributed by atoms with Gasteiger partial charge >= 0.3 is 0 Å². The summed E-state index contributed by atoms with van der Waals surface area (Å²) in [6.07, 6.45) is 11.4. The minimum atomic E-state index is -1.41. The molecule has 1 aliphatic heterocycles. The van der Waals surface area contributed by atoms with Crippen molar-refractivity contribution in [1.82, 2.24) is 4.98 Å². The second kappa shape index (κ2) is 8.71. The maximum Gasteiger partial charge on any atom is 0.158 e. The van der Waals surface area contributed by atoms with Gasteiger partial charge in [-0.3, -0.25) is 0 Å². The first-order valence-electron chi connectivity index (χ1n) is 9.49. The van der Waals surface area contributed by atoms with Crippen LogP contribution in [0.5, 0.6) is 0 Å². The maximum atomic E-state index is 4.79. The molecular formula is C19H34N2Si. The van der Waals surface area contributed by atoms with Crippen LogP contribution in [0.15, 0.2) is 18.3 Å². The molecule has 1 aromatic heterocycles. The first-order valence-corrected chi connectivity index (χ1v) is 12.1. The Labute approximate surface area is 138 Å². The molecule has 124 valence electrons. The van der Waals surface area contributed by atoms with Crippen LogP contribution >= 0.6 is 0 Å². The van der Waals surface area contributed by atoms with Gasteiger partial charge in [0, 0.05) is 12.7 Å². The smallest absolute Gasteiger partial charge is 0.158 e. The summed E-state index contributed by atoms with van der Waals surface area (Å²) in [7, 11) is -1.41. The lowest BCUT2D eigenvalue weighted by molar-refractivity contribution is 0.773. The first-order chi connectivity index (χ1) is 10.8. The highest BCUT2D eigenvalue weighted by atomic mass is 28.3. The van der Waals surface area contributed by atoms with Crippen molar-refractivity contribution in [1.29, 1.82) is 0 Å². The largest absolute Gasteiger partial charge is 0.382 e. The predicted molar refractivity (Wildman–Crippen MR) is 100 cm³/mol. The van der Waals surface area contributed by atoms with E-state index in [1.165, 1.54) is 81.0 Å². The molecule has 0 amide bonds. The lowest BCUT2D eigenvalue weighted by Gasteiger charge is -2.42. The zero-order valence-corrected chi connectivity index (χ0v) is 15.9. The summed E-state index contributed by atoms with van der Waals surface area (Å²) in [4.78, 5) is 4.79. The molecule has 0 unspecified atom stereocenters. The number of anilines is 1. The SMILES string of the molecule is CCCC[Si](CCCC)(CCCC)N1CCc2cccnc21. The number of aromatic nitrogens is 1. The lowest BCUT2D eigenvalue weighted by atomic mass is 10.2. The molecule has 2 nitrogen and oxygen atoms in total. The van der Waals surface area contributed by atoms with Crippen LogP contribution in [0.2, 0.25) is 18.1 Å². The van der Waals surface area contributed by atoms with E-state index in [2.05, 4.69) is 37.5 Å². The van der Waals surface area contributed by atoms with Crippen LogP contribution in [0.4, 0.5) is 5.82 Å². The Balaban J connectivity index is 2.28. The third kappa shape index (κ3) is 3.92. The Morgan fingerprint density at radius 3 is 2.14 bits per heavy atom. The fourth-order valence-corrected chi connectivity index (χ4v) is 9.80. The van der Waals surface area contributed by atoms with Crippen LogP contribution in [0.3, 0.4) is 0 Å². The van der Waals surface area contributed by atoms with Gasteiger partial charge in [-0.05, 0) is 36.2 Å². The van der Waals surface area contributed by atoms with E-state index in [0.29, 0.717) is 0 Å². The number of hydrogen-bond donors (Lipinski definition) is 0. The van der Waals surface area contributed by atoms with Crippen molar-refractivity contribution >= 4 is 14.1 Å². The van der Waals surface area contributed by atoms with Gasteiger partial charge in [0.2, 0.25) is 0 Å². The van der Waals surface area contributed by atoms with Gasteiger partial charge in [-0.15, -0.1) is 0 Å². The summed E-state index contributed by atoms with van der Waals surface area (Å²) in [5, 5.41) is 0. The van der Waals surface area contributed by atoms with Crippen molar-refractivity contribution in [2.75, 3.05) is 11.1 Å². The van der Waals surface area contributed by atoms with Crippen molar-refractivity contribution < 1.29 is 0 Å². The third-order valence-corrected chi connectivity index (χ3v) is 10.7. The molecule has 0 aromatic carbocycles. The molecule has 0 radical (unpaired) electrons. The van der Waals surface area contributed by atoms with Gasteiger partial charge in [0.15, 0.2) is 8.24 Å². The summed E-state index contributed by atoms with van der Waals surface area (Å²) in [6.45, 7) is 8.26. The van der Waals surface area contributed by atoms with Gasteiger partial charge in [-0.1, -0.05) is 65.4 Å². The van der Waals surface area contributed by atoms with Gasteiger partial charge < -0.3 is 4.57 Å². The molecule has 0 fully saturated rings. The Kier molecular flexibility index (Phi) is 6.94. The topological polar surface area (TPSA) is 16.1 Å². The zero-order chi connectivity index (χ0) is 15.8. The Morgan fingerprint density at radius 1 is 1.00 bits per heavy atom. The van der Waals surface area contributed by atoms with Crippen molar-refractivity contribution in [3.05, 3.63) is 23.9 Å². The molecule has 0 spiro atoms. The minimum Gasteiger partial charge on any atom is -0.382 e. The molecule has 22 heavy (non-hydrogen) atoms. The number of pyridine rings is 1.